The van der Waals surface area contributed by atoms with E-state index in [1.807, 2.05) is 13.8 Å². The molecule has 0 bridgehead atoms. The van der Waals surface area contributed by atoms with Crippen LogP contribution < -0.4 is 0 Å². The van der Waals surface area contributed by atoms with Crippen molar-refractivity contribution in [1.82, 2.24) is 0 Å². The van der Waals surface area contributed by atoms with Gasteiger partial charge in [0.2, 0.25) is 0 Å². The lowest BCUT2D eigenvalue weighted by atomic mass is 10.2. The van der Waals surface area contributed by atoms with Crippen molar-refractivity contribution in [2.75, 3.05) is 6.61 Å². The Morgan fingerprint density at radius 3 is 2.33 bits per heavy atom. The van der Waals surface area contributed by atoms with Gasteiger partial charge in [0.1, 0.15) is 0 Å². The van der Waals surface area contributed by atoms with Gasteiger partial charge in [0.25, 0.3) is 0 Å². The monoisotopic (exact) mass is 212 g/mol. The molecule has 1 rings (SSSR count). The molecule has 0 aromatic heterocycles. The van der Waals surface area contributed by atoms with Gasteiger partial charge in [0.05, 0.1) is 12.2 Å². The summed E-state index contributed by atoms with van der Waals surface area (Å²) in [6.45, 7) is 5.97. The molecule has 0 unspecified atom stereocenters. The van der Waals surface area contributed by atoms with Crippen molar-refractivity contribution in [1.29, 1.82) is 0 Å². The van der Waals surface area contributed by atoms with Crippen LogP contribution in [0.1, 0.15) is 31.1 Å². The van der Waals surface area contributed by atoms with Gasteiger partial charge in [-0.15, -0.1) is 0 Å². The van der Waals surface area contributed by atoms with Gasteiger partial charge < -0.3 is 14.9 Å². The predicted octanol–water partition coefficient (Wildman–Crippen LogP) is 2.30. The molecule has 84 valence electrons. The lowest BCUT2D eigenvalue weighted by molar-refractivity contribution is 0.0526. The number of aromatic hydroxyl groups is 2. The Balaban J connectivity index is 0.000000921. The SMILES string of the molecule is CC.CCOC(=O)c1ccc(O)c(O)c1. The molecule has 4 heteroatoms. The molecule has 0 heterocycles. The van der Waals surface area contributed by atoms with Crippen LogP contribution in [-0.2, 0) is 4.74 Å². The highest BCUT2D eigenvalue weighted by Gasteiger charge is 2.08. The standard InChI is InChI=1S/C9H10O4.C2H6/c1-2-13-9(12)6-3-4-7(10)8(11)5-6;1-2/h3-5,10-11H,2H2,1H3;1-2H3. The molecule has 0 amide bonds. The predicted molar refractivity (Wildman–Crippen MR) is 57.1 cm³/mol. The molecular formula is C11H16O4. The number of phenols is 2. The number of phenolic OH excluding ortho intramolecular Hbond substituents is 2. The summed E-state index contributed by atoms with van der Waals surface area (Å²) >= 11 is 0. The molecule has 1 aromatic rings. The number of esters is 1. The minimum absolute atomic E-state index is 0.220. The van der Waals surface area contributed by atoms with E-state index in [2.05, 4.69) is 0 Å². The van der Waals surface area contributed by atoms with Gasteiger partial charge in [-0.25, -0.2) is 4.79 Å². The van der Waals surface area contributed by atoms with Crippen molar-refractivity contribution in [3.05, 3.63) is 23.8 Å². The Morgan fingerprint density at radius 1 is 1.27 bits per heavy atom. The molecule has 2 N–H and O–H groups in total. The summed E-state index contributed by atoms with van der Waals surface area (Å²) in [5, 5.41) is 18.0. The number of benzene rings is 1. The molecule has 0 aliphatic carbocycles. The van der Waals surface area contributed by atoms with E-state index in [0.717, 1.165) is 6.07 Å². The maximum atomic E-state index is 11.1. The molecule has 15 heavy (non-hydrogen) atoms. The minimum atomic E-state index is -0.516. The van der Waals surface area contributed by atoms with Gasteiger partial charge in [-0.2, -0.15) is 0 Å². The second-order valence-electron chi connectivity index (χ2n) is 2.42. The molecule has 0 aliphatic heterocycles. The van der Waals surface area contributed by atoms with Crippen molar-refractivity contribution >= 4 is 5.97 Å². The fraction of sp³-hybridized carbons (Fsp3) is 0.364. The zero-order valence-corrected chi connectivity index (χ0v) is 9.15. The van der Waals surface area contributed by atoms with E-state index in [0.29, 0.717) is 0 Å². The number of carbonyl (C=O) groups excluding carboxylic acids is 1. The normalized spacial score (nSPS) is 8.73. The van der Waals surface area contributed by atoms with Crippen LogP contribution in [-0.4, -0.2) is 22.8 Å². The molecule has 1 aromatic carbocycles. The molecule has 4 nitrogen and oxygen atoms in total. The highest BCUT2D eigenvalue weighted by Crippen LogP contribution is 2.24. The van der Waals surface area contributed by atoms with E-state index in [-0.39, 0.29) is 23.7 Å². The van der Waals surface area contributed by atoms with Gasteiger partial charge in [-0.05, 0) is 25.1 Å². The van der Waals surface area contributed by atoms with Crippen LogP contribution in [0.3, 0.4) is 0 Å². The van der Waals surface area contributed by atoms with E-state index in [9.17, 15) is 4.79 Å². The van der Waals surface area contributed by atoms with Crippen molar-refractivity contribution in [2.24, 2.45) is 0 Å². The first-order valence-electron chi connectivity index (χ1n) is 4.84. The fourth-order valence-electron chi connectivity index (χ4n) is 0.865. The molecule has 0 atom stereocenters. The zero-order chi connectivity index (χ0) is 11.8. The van der Waals surface area contributed by atoms with Crippen LogP contribution >= 0.6 is 0 Å². The fourth-order valence-corrected chi connectivity index (χ4v) is 0.865. The molecule has 0 spiro atoms. The molecule has 0 radical (unpaired) electrons. The van der Waals surface area contributed by atoms with Gasteiger partial charge >= 0.3 is 5.97 Å². The Hall–Kier alpha value is -1.71. The maximum absolute atomic E-state index is 11.1. The van der Waals surface area contributed by atoms with Crippen LogP contribution in [0.2, 0.25) is 0 Å². The van der Waals surface area contributed by atoms with Gasteiger partial charge in [-0.3, -0.25) is 0 Å². The molecule has 0 aliphatic rings. The molecular weight excluding hydrogens is 196 g/mol. The molecule has 0 fully saturated rings. The number of ether oxygens (including phenoxy) is 1. The first-order chi connectivity index (χ1) is 7.15. The first kappa shape index (κ1) is 13.3. The average molecular weight is 212 g/mol. The third-order valence-corrected chi connectivity index (χ3v) is 1.49. The Labute approximate surface area is 89.1 Å². The second kappa shape index (κ2) is 6.70. The highest BCUT2D eigenvalue weighted by molar-refractivity contribution is 5.90. The van der Waals surface area contributed by atoms with E-state index in [1.54, 1.807) is 6.92 Å². The number of hydrogen-bond acceptors (Lipinski definition) is 4. The van der Waals surface area contributed by atoms with Crippen LogP contribution in [0, 0.1) is 0 Å². The largest absolute Gasteiger partial charge is 0.504 e. The lowest BCUT2D eigenvalue weighted by Crippen LogP contribution is -2.03. The van der Waals surface area contributed by atoms with Crippen molar-refractivity contribution < 1.29 is 19.7 Å². The van der Waals surface area contributed by atoms with Crippen molar-refractivity contribution in [3.63, 3.8) is 0 Å². The van der Waals surface area contributed by atoms with Crippen LogP contribution in [0.5, 0.6) is 11.5 Å². The number of carbonyl (C=O) groups is 1. The summed E-state index contributed by atoms with van der Waals surface area (Å²) in [6.07, 6.45) is 0. The second-order valence-corrected chi connectivity index (χ2v) is 2.42. The summed E-state index contributed by atoms with van der Waals surface area (Å²) in [6, 6.07) is 3.78. The van der Waals surface area contributed by atoms with Gasteiger partial charge in [0, 0.05) is 0 Å². The number of rotatable bonds is 2. The topological polar surface area (TPSA) is 66.8 Å². The first-order valence-corrected chi connectivity index (χ1v) is 4.84. The third-order valence-electron chi connectivity index (χ3n) is 1.49. The average Bonchev–Trinajstić information content (AvgIpc) is 2.25. The van der Waals surface area contributed by atoms with Crippen molar-refractivity contribution in [3.8, 4) is 11.5 Å². The van der Waals surface area contributed by atoms with Gasteiger partial charge in [0.15, 0.2) is 11.5 Å². The van der Waals surface area contributed by atoms with Gasteiger partial charge in [-0.1, -0.05) is 13.8 Å². The third kappa shape index (κ3) is 3.89. The summed E-state index contributed by atoms with van der Waals surface area (Å²) < 4.78 is 4.69. The van der Waals surface area contributed by atoms with Crippen LogP contribution in [0.15, 0.2) is 18.2 Å². The zero-order valence-electron chi connectivity index (χ0n) is 9.15. The Bertz CT molecular complexity index is 320. The summed E-state index contributed by atoms with van der Waals surface area (Å²) in [5.74, 6) is -1.10. The van der Waals surface area contributed by atoms with Crippen molar-refractivity contribution in [2.45, 2.75) is 20.8 Å². The number of hydrogen-bond donors (Lipinski definition) is 2. The maximum Gasteiger partial charge on any atom is 0.338 e. The quantitative estimate of drug-likeness (QED) is 0.583. The van der Waals surface area contributed by atoms with E-state index < -0.39 is 5.97 Å². The van der Waals surface area contributed by atoms with E-state index >= 15 is 0 Å². The minimum Gasteiger partial charge on any atom is -0.504 e. The molecule has 0 saturated carbocycles. The lowest BCUT2D eigenvalue weighted by Gasteiger charge is -2.02. The van der Waals surface area contributed by atoms with E-state index in [4.69, 9.17) is 14.9 Å². The Kier molecular flexibility index (Phi) is 5.94. The smallest absolute Gasteiger partial charge is 0.338 e. The summed E-state index contributed by atoms with van der Waals surface area (Å²) in [4.78, 5) is 11.1. The summed E-state index contributed by atoms with van der Waals surface area (Å²) in [7, 11) is 0. The van der Waals surface area contributed by atoms with Crippen LogP contribution in [0.25, 0.3) is 0 Å². The van der Waals surface area contributed by atoms with Crippen LogP contribution in [0.4, 0.5) is 0 Å². The summed E-state index contributed by atoms with van der Waals surface area (Å²) in [5.41, 5.74) is 0.220. The highest BCUT2D eigenvalue weighted by atomic mass is 16.5. The van der Waals surface area contributed by atoms with E-state index in [1.165, 1.54) is 12.1 Å². The Morgan fingerprint density at radius 2 is 1.87 bits per heavy atom. The molecule has 0 saturated heterocycles.